The maximum Gasteiger partial charge on any atom is 0.233 e. The van der Waals surface area contributed by atoms with Crippen molar-refractivity contribution in [2.24, 2.45) is 7.05 Å². The van der Waals surface area contributed by atoms with Crippen LogP contribution in [-0.4, -0.2) is 11.4 Å². The lowest BCUT2D eigenvalue weighted by atomic mass is 10.0. The summed E-state index contributed by atoms with van der Waals surface area (Å²) in [6, 6.07) is 3.72. The zero-order valence-electron chi connectivity index (χ0n) is 8.19. The second-order valence-corrected chi connectivity index (χ2v) is 3.55. The van der Waals surface area contributed by atoms with Gasteiger partial charge >= 0.3 is 0 Å². The zero-order valence-corrected chi connectivity index (χ0v) is 8.19. The van der Waals surface area contributed by atoms with E-state index in [1.54, 1.807) is 6.20 Å². The van der Waals surface area contributed by atoms with Crippen molar-refractivity contribution >= 4 is 0 Å². The van der Waals surface area contributed by atoms with Gasteiger partial charge in [0.25, 0.3) is 0 Å². The van der Waals surface area contributed by atoms with Gasteiger partial charge in [0.15, 0.2) is 5.75 Å². The Kier molecular flexibility index (Phi) is 1.54. The summed E-state index contributed by atoms with van der Waals surface area (Å²) >= 11 is 0. The molecule has 3 aliphatic rings. The monoisotopic (exact) mass is 203 g/mol. The lowest BCUT2D eigenvalue weighted by Crippen LogP contribution is -2.09. The Balaban J connectivity index is 2.43. The van der Waals surface area contributed by atoms with Crippen molar-refractivity contribution in [3.63, 3.8) is 0 Å². The summed E-state index contributed by atoms with van der Waals surface area (Å²) in [5.74, 6) is 0.870. The van der Waals surface area contributed by atoms with Crippen molar-refractivity contribution < 1.29 is 9.47 Å². The second kappa shape index (κ2) is 2.76. The molecule has 0 spiro atoms. The number of nitrogens with zero attached hydrogens (tertiary/aromatic N) is 1. The normalized spacial score (nSPS) is 13.4. The maximum atomic E-state index is 12.0. The summed E-state index contributed by atoms with van der Waals surface area (Å²) in [7, 11) is 1.88. The van der Waals surface area contributed by atoms with Crippen molar-refractivity contribution in [1.82, 2.24) is 4.57 Å². The van der Waals surface area contributed by atoms with Gasteiger partial charge in [0.1, 0.15) is 0 Å². The van der Waals surface area contributed by atoms with Crippen LogP contribution in [0.4, 0.5) is 0 Å². The van der Waals surface area contributed by atoms with E-state index in [0.717, 1.165) is 5.56 Å². The Morgan fingerprint density at radius 1 is 1.40 bits per heavy atom. The van der Waals surface area contributed by atoms with Crippen LogP contribution >= 0.6 is 0 Å². The summed E-state index contributed by atoms with van der Waals surface area (Å²) in [4.78, 5) is 12.0. The molecule has 0 saturated carbocycles. The SMILES string of the molecule is Cn1ccc2cc3c(c(=O)c-2c1)OCO3. The number of rotatable bonds is 0. The number of hydrogen-bond donors (Lipinski definition) is 0. The summed E-state index contributed by atoms with van der Waals surface area (Å²) in [5, 5.41) is 0. The molecule has 0 bridgehead atoms. The molecule has 0 atom stereocenters. The van der Waals surface area contributed by atoms with E-state index in [2.05, 4.69) is 0 Å². The average Bonchev–Trinajstić information content (AvgIpc) is 2.68. The molecule has 2 aliphatic heterocycles. The third-order valence-corrected chi connectivity index (χ3v) is 2.51. The molecule has 76 valence electrons. The van der Waals surface area contributed by atoms with Gasteiger partial charge in [-0.3, -0.25) is 4.79 Å². The van der Waals surface area contributed by atoms with Crippen LogP contribution in [0.5, 0.6) is 11.5 Å². The predicted molar refractivity (Wildman–Crippen MR) is 54.4 cm³/mol. The van der Waals surface area contributed by atoms with Crippen LogP contribution in [0.15, 0.2) is 29.3 Å². The third-order valence-electron chi connectivity index (χ3n) is 2.51. The van der Waals surface area contributed by atoms with Crippen molar-refractivity contribution in [2.45, 2.75) is 0 Å². The molecule has 3 rings (SSSR count). The van der Waals surface area contributed by atoms with Gasteiger partial charge in [0.2, 0.25) is 18.0 Å². The van der Waals surface area contributed by atoms with Crippen molar-refractivity contribution in [2.75, 3.05) is 6.79 Å². The maximum absolute atomic E-state index is 12.0. The zero-order chi connectivity index (χ0) is 10.4. The first kappa shape index (κ1) is 8.35. The van der Waals surface area contributed by atoms with Crippen LogP contribution in [0.25, 0.3) is 11.1 Å². The van der Waals surface area contributed by atoms with Crippen LogP contribution in [0.1, 0.15) is 0 Å². The van der Waals surface area contributed by atoms with Gasteiger partial charge in [-0.2, -0.15) is 0 Å². The van der Waals surface area contributed by atoms with E-state index in [1.807, 2.05) is 29.9 Å². The molecule has 4 nitrogen and oxygen atoms in total. The molecular formula is C11H9NO3. The number of aryl methyl sites for hydroxylation is 1. The molecule has 15 heavy (non-hydrogen) atoms. The summed E-state index contributed by atoms with van der Waals surface area (Å²) in [6.45, 7) is 0.132. The Morgan fingerprint density at radius 3 is 3.13 bits per heavy atom. The number of ether oxygens (including phenoxy) is 2. The molecule has 0 aromatic rings. The van der Waals surface area contributed by atoms with Crippen molar-refractivity contribution in [3.8, 4) is 22.6 Å². The fraction of sp³-hybridized carbons (Fsp3) is 0.182. The quantitative estimate of drug-likeness (QED) is 0.646. The Morgan fingerprint density at radius 2 is 2.27 bits per heavy atom. The highest BCUT2D eigenvalue weighted by molar-refractivity contribution is 5.70. The summed E-state index contributed by atoms with van der Waals surface area (Å²) < 4.78 is 12.2. The number of fused-ring (bicyclic) bond motifs is 2. The van der Waals surface area contributed by atoms with Gasteiger partial charge in [-0.15, -0.1) is 0 Å². The fourth-order valence-corrected chi connectivity index (χ4v) is 1.76. The first-order valence-electron chi connectivity index (χ1n) is 4.64. The van der Waals surface area contributed by atoms with E-state index >= 15 is 0 Å². The Bertz CT molecular complexity index is 559. The van der Waals surface area contributed by atoms with Gasteiger partial charge in [-0.25, -0.2) is 0 Å². The molecule has 0 radical (unpaired) electrons. The molecule has 2 heterocycles. The average molecular weight is 203 g/mol. The largest absolute Gasteiger partial charge is 0.453 e. The van der Waals surface area contributed by atoms with E-state index in [1.165, 1.54) is 0 Å². The lowest BCUT2D eigenvalue weighted by Gasteiger charge is -2.07. The first-order chi connectivity index (χ1) is 7.25. The molecule has 0 unspecified atom stereocenters. The minimum absolute atomic E-state index is 0.101. The van der Waals surface area contributed by atoms with Gasteiger partial charge in [-0.05, 0) is 17.7 Å². The molecule has 1 aliphatic carbocycles. The highest BCUT2D eigenvalue weighted by atomic mass is 16.7. The highest BCUT2D eigenvalue weighted by Gasteiger charge is 2.22. The second-order valence-electron chi connectivity index (χ2n) is 3.55. The number of aromatic nitrogens is 1. The third kappa shape index (κ3) is 1.11. The molecule has 0 aromatic heterocycles. The fourth-order valence-electron chi connectivity index (χ4n) is 1.76. The Labute approximate surface area is 86.0 Å². The van der Waals surface area contributed by atoms with E-state index in [4.69, 9.17) is 9.47 Å². The van der Waals surface area contributed by atoms with E-state index in [9.17, 15) is 4.79 Å². The van der Waals surface area contributed by atoms with E-state index in [-0.39, 0.29) is 12.2 Å². The van der Waals surface area contributed by atoms with Crippen LogP contribution in [0, 0.1) is 0 Å². The number of pyridine rings is 1. The summed E-state index contributed by atoms with van der Waals surface area (Å²) in [5.41, 5.74) is 1.43. The standard InChI is InChI=1S/C11H9NO3/c1-12-3-2-7-4-9-11(15-6-14-9)10(13)8(7)5-12/h2-5H,6H2,1H3. The van der Waals surface area contributed by atoms with Crippen LogP contribution < -0.4 is 14.9 Å². The first-order valence-corrected chi connectivity index (χ1v) is 4.64. The van der Waals surface area contributed by atoms with Crippen molar-refractivity contribution in [3.05, 3.63) is 34.7 Å². The van der Waals surface area contributed by atoms with E-state index in [0.29, 0.717) is 17.1 Å². The van der Waals surface area contributed by atoms with Crippen LogP contribution in [0.2, 0.25) is 0 Å². The molecule has 0 aromatic carbocycles. The smallest absolute Gasteiger partial charge is 0.233 e. The lowest BCUT2D eigenvalue weighted by molar-refractivity contribution is 0.173. The van der Waals surface area contributed by atoms with Crippen LogP contribution in [0.3, 0.4) is 0 Å². The number of benzene rings is 1. The van der Waals surface area contributed by atoms with Gasteiger partial charge in [0, 0.05) is 25.0 Å². The van der Waals surface area contributed by atoms with Gasteiger partial charge in [0.05, 0.1) is 0 Å². The highest BCUT2D eigenvalue weighted by Crippen LogP contribution is 2.33. The number of hydrogen-bond acceptors (Lipinski definition) is 3. The molecule has 0 N–H and O–H groups in total. The van der Waals surface area contributed by atoms with Crippen LogP contribution in [-0.2, 0) is 7.05 Å². The molecule has 4 heteroatoms. The molecular weight excluding hydrogens is 194 g/mol. The molecule has 0 saturated heterocycles. The summed E-state index contributed by atoms with van der Waals surface area (Å²) in [6.07, 6.45) is 3.68. The molecule has 0 amide bonds. The minimum Gasteiger partial charge on any atom is -0.453 e. The van der Waals surface area contributed by atoms with Gasteiger partial charge < -0.3 is 14.0 Å². The van der Waals surface area contributed by atoms with Crippen molar-refractivity contribution in [1.29, 1.82) is 0 Å². The Hall–Kier alpha value is -1.97. The van der Waals surface area contributed by atoms with E-state index < -0.39 is 0 Å². The topological polar surface area (TPSA) is 40.5 Å². The minimum atomic E-state index is -0.101. The van der Waals surface area contributed by atoms with Gasteiger partial charge in [-0.1, -0.05) is 0 Å². The predicted octanol–water partition coefficient (Wildman–Crippen LogP) is 1.22. The molecule has 0 fully saturated rings.